The van der Waals surface area contributed by atoms with E-state index in [0.717, 1.165) is 51.1 Å². The van der Waals surface area contributed by atoms with E-state index >= 15 is 0 Å². The van der Waals surface area contributed by atoms with Gasteiger partial charge in [-0.3, -0.25) is 9.59 Å². The number of piperazine rings is 1. The number of aromatic nitrogens is 1. The van der Waals surface area contributed by atoms with Crippen LogP contribution in [0, 0.1) is 5.82 Å². The molecule has 4 rings (SSSR count). The minimum absolute atomic E-state index is 0.00863. The Hall–Kier alpha value is -2.45. The molecule has 2 aliphatic heterocycles. The van der Waals surface area contributed by atoms with Gasteiger partial charge in [0, 0.05) is 57.6 Å². The number of rotatable bonds is 9. The number of fused-ring (bicyclic) bond motifs is 1. The average Bonchev–Trinajstić information content (AvgIpc) is 3.37. The van der Waals surface area contributed by atoms with Gasteiger partial charge in [0.15, 0.2) is 0 Å². The van der Waals surface area contributed by atoms with Crippen molar-refractivity contribution >= 4 is 28.4 Å². The second kappa shape index (κ2) is 10.7. The molecule has 2 aromatic rings. The van der Waals surface area contributed by atoms with Crippen LogP contribution in [0.15, 0.2) is 18.2 Å². The van der Waals surface area contributed by atoms with Crippen molar-refractivity contribution in [3.05, 3.63) is 29.7 Å². The van der Waals surface area contributed by atoms with Gasteiger partial charge in [-0.05, 0) is 57.5 Å². The number of benzene rings is 1. The quantitative estimate of drug-likeness (QED) is 0.588. The molecule has 7 nitrogen and oxygen atoms in total. The van der Waals surface area contributed by atoms with Gasteiger partial charge in [-0.15, -0.1) is 0 Å². The van der Waals surface area contributed by atoms with Crippen molar-refractivity contribution in [2.75, 3.05) is 57.3 Å². The number of carbonyl (C=O) groups excluding carboxylic acids is 2. The van der Waals surface area contributed by atoms with Gasteiger partial charge in [0.1, 0.15) is 11.5 Å². The van der Waals surface area contributed by atoms with Crippen molar-refractivity contribution < 1.29 is 14.0 Å². The Morgan fingerprint density at radius 3 is 2.42 bits per heavy atom. The van der Waals surface area contributed by atoms with Crippen LogP contribution in [0.2, 0.25) is 0 Å². The third-order valence-electron chi connectivity index (χ3n) is 6.81. The molecule has 2 fully saturated rings. The maximum absolute atomic E-state index is 14.1. The van der Waals surface area contributed by atoms with Crippen molar-refractivity contribution in [2.24, 2.45) is 0 Å². The Kier molecular flexibility index (Phi) is 7.65. The van der Waals surface area contributed by atoms with Gasteiger partial charge in [-0.2, -0.15) is 0 Å². The molecule has 2 aliphatic rings. The highest BCUT2D eigenvalue weighted by Gasteiger charge is 2.31. The topological polar surface area (TPSA) is 60.8 Å². The Balaban J connectivity index is 1.46. The van der Waals surface area contributed by atoms with E-state index in [1.165, 1.54) is 25.1 Å². The Morgan fingerprint density at radius 2 is 1.79 bits per heavy atom. The maximum Gasteiger partial charge on any atom is 0.270 e. The summed E-state index contributed by atoms with van der Waals surface area (Å²) in [6.45, 7) is 12.4. The third-order valence-corrected chi connectivity index (χ3v) is 6.81. The summed E-state index contributed by atoms with van der Waals surface area (Å²) in [5.74, 6) is -0.573. The lowest BCUT2D eigenvalue weighted by Gasteiger charge is -2.34. The fourth-order valence-electron chi connectivity index (χ4n) is 5.17. The van der Waals surface area contributed by atoms with Crippen molar-refractivity contribution in [2.45, 2.75) is 46.1 Å². The zero-order chi connectivity index (χ0) is 23.4. The molecule has 0 atom stereocenters. The van der Waals surface area contributed by atoms with Crippen LogP contribution in [0.3, 0.4) is 0 Å². The number of hydrogen-bond acceptors (Lipinski definition) is 4. The minimum Gasteiger partial charge on any atom is -0.351 e. The SMILES string of the molecule is CCCN1CCN(CCCNC(=O)c2c(N3CCCC3=O)c3cc(F)ccc3n2CC)CC1. The molecule has 2 saturated heterocycles. The summed E-state index contributed by atoms with van der Waals surface area (Å²) in [6, 6.07) is 4.55. The molecule has 0 unspecified atom stereocenters. The summed E-state index contributed by atoms with van der Waals surface area (Å²) in [4.78, 5) is 32.5. The number of anilines is 1. The van der Waals surface area contributed by atoms with Gasteiger partial charge in [0.25, 0.3) is 5.91 Å². The first-order valence-electron chi connectivity index (χ1n) is 12.4. The van der Waals surface area contributed by atoms with Gasteiger partial charge in [-0.1, -0.05) is 6.92 Å². The molecular weight excluding hydrogens is 421 g/mol. The molecule has 1 aromatic heterocycles. The first-order chi connectivity index (χ1) is 16.0. The van der Waals surface area contributed by atoms with E-state index in [9.17, 15) is 14.0 Å². The third kappa shape index (κ3) is 5.06. The lowest BCUT2D eigenvalue weighted by molar-refractivity contribution is -0.117. The first-order valence-corrected chi connectivity index (χ1v) is 12.4. The highest BCUT2D eigenvalue weighted by molar-refractivity contribution is 6.14. The molecule has 180 valence electrons. The number of halogens is 1. The summed E-state index contributed by atoms with van der Waals surface area (Å²) in [5, 5.41) is 3.70. The second-order valence-electron chi connectivity index (χ2n) is 9.04. The Labute approximate surface area is 195 Å². The van der Waals surface area contributed by atoms with Crippen LogP contribution in [0.4, 0.5) is 10.1 Å². The number of nitrogens with one attached hydrogen (secondary N) is 1. The Bertz CT molecular complexity index is 996. The van der Waals surface area contributed by atoms with Crippen LogP contribution in [-0.2, 0) is 11.3 Å². The summed E-state index contributed by atoms with van der Waals surface area (Å²) < 4.78 is 16.0. The standard InChI is InChI=1S/C25H36FN5O2/c1-3-11-28-14-16-29(17-15-28)12-6-10-27-25(33)24-23(31-13-5-7-22(31)32)20-18-19(26)8-9-21(20)30(24)4-2/h8-9,18H,3-7,10-17H2,1-2H3,(H,27,33). The van der Waals surface area contributed by atoms with E-state index in [2.05, 4.69) is 22.0 Å². The van der Waals surface area contributed by atoms with Crippen LogP contribution in [0.5, 0.6) is 0 Å². The molecule has 3 heterocycles. The fraction of sp³-hybridized carbons (Fsp3) is 0.600. The van der Waals surface area contributed by atoms with Crippen LogP contribution in [0.25, 0.3) is 10.9 Å². The number of hydrogen-bond donors (Lipinski definition) is 1. The zero-order valence-corrected chi connectivity index (χ0v) is 19.9. The van der Waals surface area contributed by atoms with E-state index in [-0.39, 0.29) is 17.6 Å². The smallest absolute Gasteiger partial charge is 0.270 e. The number of amides is 2. The predicted octanol–water partition coefficient (Wildman–Crippen LogP) is 3.07. The molecule has 2 amide bonds. The molecular formula is C25H36FN5O2. The monoisotopic (exact) mass is 457 g/mol. The maximum atomic E-state index is 14.1. The Morgan fingerprint density at radius 1 is 1.06 bits per heavy atom. The van der Waals surface area contributed by atoms with Crippen LogP contribution in [0.1, 0.15) is 50.0 Å². The van der Waals surface area contributed by atoms with Crippen molar-refractivity contribution in [1.29, 1.82) is 0 Å². The molecule has 0 saturated carbocycles. The summed E-state index contributed by atoms with van der Waals surface area (Å²) in [7, 11) is 0. The van der Waals surface area contributed by atoms with E-state index in [1.807, 2.05) is 11.5 Å². The van der Waals surface area contributed by atoms with Gasteiger partial charge >= 0.3 is 0 Å². The normalized spacial score (nSPS) is 17.9. The van der Waals surface area contributed by atoms with Crippen LogP contribution >= 0.6 is 0 Å². The van der Waals surface area contributed by atoms with E-state index in [0.29, 0.717) is 42.8 Å². The van der Waals surface area contributed by atoms with Gasteiger partial charge in [0.05, 0.1) is 11.2 Å². The zero-order valence-electron chi connectivity index (χ0n) is 19.9. The number of aryl methyl sites for hydroxylation is 1. The minimum atomic E-state index is -0.366. The van der Waals surface area contributed by atoms with E-state index in [1.54, 1.807) is 11.0 Å². The molecule has 0 radical (unpaired) electrons. The van der Waals surface area contributed by atoms with Gasteiger partial charge in [-0.25, -0.2) is 4.39 Å². The van der Waals surface area contributed by atoms with Crippen LogP contribution in [-0.4, -0.2) is 78.5 Å². The lowest BCUT2D eigenvalue weighted by Crippen LogP contribution is -2.47. The highest BCUT2D eigenvalue weighted by atomic mass is 19.1. The lowest BCUT2D eigenvalue weighted by atomic mass is 10.2. The molecule has 1 N–H and O–H groups in total. The number of carbonyl (C=O) groups is 2. The molecule has 33 heavy (non-hydrogen) atoms. The summed E-state index contributed by atoms with van der Waals surface area (Å²) in [6.07, 6.45) is 3.27. The van der Waals surface area contributed by atoms with Gasteiger partial charge in [0.2, 0.25) is 5.91 Å². The van der Waals surface area contributed by atoms with Crippen LogP contribution < -0.4 is 10.2 Å². The largest absolute Gasteiger partial charge is 0.351 e. The molecule has 0 bridgehead atoms. The molecule has 0 spiro atoms. The first kappa shape index (κ1) is 23.7. The van der Waals surface area contributed by atoms with Crippen molar-refractivity contribution in [1.82, 2.24) is 19.7 Å². The predicted molar refractivity (Wildman–Crippen MR) is 129 cm³/mol. The number of nitrogens with zero attached hydrogens (tertiary/aromatic N) is 4. The summed E-state index contributed by atoms with van der Waals surface area (Å²) >= 11 is 0. The van der Waals surface area contributed by atoms with E-state index < -0.39 is 0 Å². The fourth-order valence-corrected chi connectivity index (χ4v) is 5.17. The molecule has 1 aromatic carbocycles. The highest BCUT2D eigenvalue weighted by Crippen LogP contribution is 2.37. The summed E-state index contributed by atoms with van der Waals surface area (Å²) in [5.41, 5.74) is 1.80. The molecule has 8 heteroatoms. The average molecular weight is 458 g/mol. The van der Waals surface area contributed by atoms with Crippen molar-refractivity contribution in [3.8, 4) is 0 Å². The second-order valence-corrected chi connectivity index (χ2v) is 9.04. The molecule has 0 aliphatic carbocycles. The van der Waals surface area contributed by atoms with Crippen molar-refractivity contribution in [3.63, 3.8) is 0 Å². The van der Waals surface area contributed by atoms with E-state index in [4.69, 9.17) is 0 Å². The van der Waals surface area contributed by atoms with Gasteiger partial charge < -0.3 is 24.6 Å².